The van der Waals surface area contributed by atoms with Crippen molar-refractivity contribution in [3.8, 4) is 0 Å². The SMILES string of the molecule is CC(=O)NC(=O)c1cc(C)c([N+](=O)[O-])cn1. The molecule has 1 aromatic rings. The van der Waals surface area contributed by atoms with Crippen molar-refractivity contribution in [3.63, 3.8) is 0 Å². The Morgan fingerprint density at radius 3 is 2.56 bits per heavy atom. The zero-order valence-corrected chi connectivity index (χ0v) is 8.68. The van der Waals surface area contributed by atoms with Crippen molar-refractivity contribution in [3.05, 3.63) is 33.6 Å². The van der Waals surface area contributed by atoms with E-state index in [1.165, 1.54) is 19.9 Å². The highest BCUT2D eigenvalue weighted by molar-refractivity contribution is 6.03. The van der Waals surface area contributed by atoms with Crippen LogP contribution in [0.2, 0.25) is 0 Å². The van der Waals surface area contributed by atoms with Gasteiger partial charge in [-0.1, -0.05) is 0 Å². The summed E-state index contributed by atoms with van der Waals surface area (Å²) in [5.41, 5.74) is 0.117. The Bertz CT molecular complexity index is 470. The average molecular weight is 223 g/mol. The number of nitro groups is 1. The fraction of sp³-hybridized carbons (Fsp3) is 0.222. The molecule has 0 atom stereocenters. The van der Waals surface area contributed by atoms with Gasteiger partial charge >= 0.3 is 0 Å². The maximum atomic E-state index is 11.3. The lowest BCUT2D eigenvalue weighted by Gasteiger charge is -2.01. The van der Waals surface area contributed by atoms with Crippen LogP contribution in [-0.2, 0) is 4.79 Å². The first kappa shape index (κ1) is 11.8. The summed E-state index contributed by atoms with van der Waals surface area (Å²) < 4.78 is 0. The van der Waals surface area contributed by atoms with Crippen molar-refractivity contribution in [2.75, 3.05) is 0 Å². The molecular formula is C9H9N3O4. The monoisotopic (exact) mass is 223 g/mol. The molecule has 7 heteroatoms. The summed E-state index contributed by atoms with van der Waals surface area (Å²) in [6, 6.07) is 1.26. The van der Waals surface area contributed by atoms with Crippen LogP contribution in [0.15, 0.2) is 12.3 Å². The minimum Gasteiger partial charge on any atom is -0.291 e. The Labute approximate surface area is 90.6 Å². The lowest BCUT2D eigenvalue weighted by Crippen LogP contribution is -2.28. The van der Waals surface area contributed by atoms with Gasteiger partial charge in [0.25, 0.3) is 11.6 Å². The summed E-state index contributed by atoms with van der Waals surface area (Å²) in [5, 5.41) is 12.5. The molecule has 1 rings (SSSR count). The number of pyridine rings is 1. The van der Waals surface area contributed by atoms with Crippen LogP contribution in [0.25, 0.3) is 0 Å². The number of nitrogens with one attached hydrogen (secondary N) is 1. The third-order valence-corrected chi connectivity index (χ3v) is 1.80. The molecule has 0 aliphatic carbocycles. The Morgan fingerprint density at radius 1 is 1.50 bits per heavy atom. The Hall–Kier alpha value is -2.31. The molecule has 0 spiro atoms. The number of hydrogen-bond acceptors (Lipinski definition) is 5. The Morgan fingerprint density at radius 2 is 2.12 bits per heavy atom. The first-order chi connectivity index (χ1) is 7.41. The van der Waals surface area contributed by atoms with E-state index in [1.807, 2.05) is 5.32 Å². The van der Waals surface area contributed by atoms with E-state index in [2.05, 4.69) is 4.98 Å². The van der Waals surface area contributed by atoms with Crippen molar-refractivity contribution in [2.45, 2.75) is 13.8 Å². The summed E-state index contributed by atoms with van der Waals surface area (Å²) >= 11 is 0. The lowest BCUT2D eigenvalue weighted by molar-refractivity contribution is -0.385. The molecule has 84 valence electrons. The van der Waals surface area contributed by atoms with E-state index in [-0.39, 0.29) is 11.4 Å². The number of rotatable bonds is 2. The fourth-order valence-corrected chi connectivity index (χ4v) is 1.09. The van der Waals surface area contributed by atoms with Gasteiger partial charge in [-0.25, -0.2) is 4.98 Å². The van der Waals surface area contributed by atoms with Gasteiger partial charge in [0.1, 0.15) is 11.9 Å². The Balaban J connectivity index is 3.01. The molecule has 0 aliphatic rings. The third-order valence-electron chi connectivity index (χ3n) is 1.80. The van der Waals surface area contributed by atoms with Gasteiger partial charge in [0.05, 0.1) is 4.92 Å². The van der Waals surface area contributed by atoms with Gasteiger partial charge in [-0.05, 0) is 13.0 Å². The van der Waals surface area contributed by atoms with Crippen LogP contribution >= 0.6 is 0 Å². The predicted molar refractivity (Wildman–Crippen MR) is 53.8 cm³/mol. The average Bonchev–Trinajstić information content (AvgIpc) is 2.15. The summed E-state index contributed by atoms with van der Waals surface area (Å²) in [7, 11) is 0. The molecule has 2 amide bonds. The van der Waals surface area contributed by atoms with Crippen LogP contribution < -0.4 is 5.32 Å². The van der Waals surface area contributed by atoms with Crippen molar-refractivity contribution in [1.82, 2.24) is 10.3 Å². The van der Waals surface area contributed by atoms with E-state index in [4.69, 9.17) is 0 Å². The number of amides is 2. The zero-order chi connectivity index (χ0) is 12.3. The molecule has 0 bridgehead atoms. The van der Waals surface area contributed by atoms with Crippen LogP contribution in [0.3, 0.4) is 0 Å². The summed E-state index contributed by atoms with van der Waals surface area (Å²) in [6.07, 6.45) is 0.990. The number of imide groups is 1. The van der Waals surface area contributed by atoms with Gasteiger partial charge in [0.2, 0.25) is 5.91 Å². The molecule has 7 nitrogen and oxygen atoms in total. The van der Waals surface area contributed by atoms with Gasteiger partial charge in [-0.2, -0.15) is 0 Å². The molecule has 1 aromatic heterocycles. The first-order valence-electron chi connectivity index (χ1n) is 4.34. The molecule has 0 saturated heterocycles. The van der Waals surface area contributed by atoms with Crippen molar-refractivity contribution in [2.24, 2.45) is 0 Å². The van der Waals surface area contributed by atoms with E-state index in [0.717, 1.165) is 6.20 Å². The minimum atomic E-state index is -0.675. The number of aryl methyl sites for hydroxylation is 1. The largest absolute Gasteiger partial charge is 0.291 e. The molecule has 0 radical (unpaired) electrons. The fourth-order valence-electron chi connectivity index (χ4n) is 1.09. The quantitative estimate of drug-likeness (QED) is 0.583. The number of nitrogens with zero attached hydrogens (tertiary/aromatic N) is 2. The maximum absolute atomic E-state index is 11.3. The highest BCUT2D eigenvalue weighted by Gasteiger charge is 2.15. The maximum Gasteiger partial charge on any atom is 0.290 e. The summed E-state index contributed by atoms with van der Waals surface area (Å²) in [5.74, 6) is -1.19. The van der Waals surface area contributed by atoms with Gasteiger partial charge in [-0.3, -0.25) is 25.0 Å². The van der Waals surface area contributed by atoms with E-state index < -0.39 is 16.7 Å². The van der Waals surface area contributed by atoms with Crippen LogP contribution in [-0.4, -0.2) is 21.7 Å². The highest BCUT2D eigenvalue weighted by atomic mass is 16.6. The van der Waals surface area contributed by atoms with Crippen molar-refractivity contribution >= 4 is 17.5 Å². The minimum absolute atomic E-state index is 0.0294. The molecule has 0 aliphatic heterocycles. The van der Waals surface area contributed by atoms with E-state index >= 15 is 0 Å². The predicted octanol–water partition coefficient (Wildman–Crippen LogP) is 0.575. The van der Waals surface area contributed by atoms with Gasteiger partial charge in [-0.15, -0.1) is 0 Å². The molecule has 0 fully saturated rings. The van der Waals surface area contributed by atoms with Gasteiger partial charge < -0.3 is 0 Å². The van der Waals surface area contributed by atoms with Crippen LogP contribution in [0.4, 0.5) is 5.69 Å². The lowest BCUT2D eigenvalue weighted by atomic mass is 10.2. The second kappa shape index (κ2) is 4.47. The number of hydrogen-bond donors (Lipinski definition) is 1. The summed E-state index contributed by atoms with van der Waals surface area (Å²) in [4.78, 5) is 35.5. The molecular weight excluding hydrogens is 214 g/mol. The standard InChI is InChI=1S/C9H9N3O4/c1-5-3-7(9(14)11-6(2)13)10-4-8(5)12(15)16/h3-4H,1-2H3,(H,11,13,14). The molecule has 16 heavy (non-hydrogen) atoms. The van der Waals surface area contributed by atoms with Crippen molar-refractivity contribution < 1.29 is 14.5 Å². The molecule has 1 heterocycles. The van der Waals surface area contributed by atoms with Gasteiger partial charge in [0, 0.05) is 12.5 Å². The smallest absolute Gasteiger partial charge is 0.290 e. The first-order valence-corrected chi connectivity index (χ1v) is 4.34. The van der Waals surface area contributed by atoms with E-state index in [0.29, 0.717) is 5.56 Å². The summed E-state index contributed by atoms with van der Waals surface area (Å²) in [6.45, 7) is 2.68. The highest BCUT2D eigenvalue weighted by Crippen LogP contribution is 2.16. The molecule has 0 unspecified atom stereocenters. The Kier molecular flexibility index (Phi) is 3.29. The molecule has 1 N–H and O–H groups in total. The second-order valence-electron chi connectivity index (χ2n) is 3.12. The second-order valence-corrected chi connectivity index (χ2v) is 3.12. The molecule has 0 saturated carbocycles. The normalized spacial score (nSPS) is 9.62. The molecule has 0 aromatic carbocycles. The van der Waals surface area contributed by atoms with Crippen LogP contribution in [0.5, 0.6) is 0 Å². The van der Waals surface area contributed by atoms with E-state index in [1.54, 1.807) is 0 Å². The van der Waals surface area contributed by atoms with Crippen molar-refractivity contribution in [1.29, 1.82) is 0 Å². The van der Waals surface area contributed by atoms with Crippen LogP contribution in [0.1, 0.15) is 23.0 Å². The van der Waals surface area contributed by atoms with E-state index in [9.17, 15) is 19.7 Å². The number of carbonyl (C=O) groups excluding carboxylic acids is 2. The van der Waals surface area contributed by atoms with Gasteiger partial charge in [0.15, 0.2) is 0 Å². The number of aromatic nitrogens is 1. The zero-order valence-electron chi connectivity index (χ0n) is 8.68. The topological polar surface area (TPSA) is 102 Å². The van der Waals surface area contributed by atoms with Crippen LogP contribution in [0, 0.1) is 17.0 Å². The number of carbonyl (C=O) groups is 2. The third kappa shape index (κ3) is 2.59.